The molecule has 1 aliphatic heterocycles. The molecule has 0 atom stereocenters. The number of nitrogens with zero attached hydrogens (tertiary/aromatic N) is 7. The van der Waals surface area contributed by atoms with Crippen molar-refractivity contribution in [3.63, 3.8) is 0 Å². The van der Waals surface area contributed by atoms with E-state index < -0.39 is 13.7 Å². The van der Waals surface area contributed by atoms with Crippen LogP contribution in [0.25, 0.3) is 33.3 Å². The Morgan fingerprint density at radius 1 is 1.04 bits per heavy atom. The summed E-state index contributed by atoms with van der Waals surface area (Å²) in [4.78, 5) is 28.5. The predicted octanol–water partition coefficient (Wildman–Crippen LogP) is 8.48. The molecule has 4 heterocycles. The van der Waals surface area contributed by atoms with Crippen molar-refractivity contribution < 1.29 is 19.0 Å². The largest absolute Gasteiger partial charge is 0.456 e. The van der Waals surface area contributed by atoms with Crippen molar-refractivity contribution in [3.8, 4) is 22.8 Å². The highest BCUT2D eigenvalue weighted by Gasteiger charge is 2.28. The van der Waals surface area contributed by atoms with Gasteiger partial charge in [0.1, 0.15) is 40.2 Å². The van der Waals surface area contributed by atoms with E-state index in [2.05, 4.69) is 34.3 Å². The molecular weight excluding hydrogens is 646 g/mol. The van der Waals surface area contributed by atoms with Gasteiger partial charge in [-0.1, -0.05) is 31.2 Å². The Morgan fingerprint density at radius 3 is 2.52 bits per heavy atom. The molecule has 1 aliphatic rings. The van der Waals surface area contributed by atoms with Crippen LogP contribution in [0.5, 0.6) is 11.5 Å². The molecule has 1 fully saturated rings. The Bertz CT molecular complexity index is 1940. The van der Waals surface area contributed by atoms with Crippen LogP contribution in [0.1, 0.15) is 45.5 Å². The number of aryl methyl sites for hydroxylation is 1. The number of likely N-dealkylation sites (tertiary alicyclic amines) is 1. The van der Waals surface area contributed by atoms with Crippen molar-refractivity contribution in [1.29, 1.82) is 0 Å². The van der Waals surface area contributed by atoms with Gasteiger partial charge < -0.3 is 23.7 Å². The van der Waals surface area contributed by atoms with E-state index in [-0.39, 0.29) is 12.1 Å². The second kappa shape index (κ2) is 13.5. The van der Waals surface area contributed by atoms with E-state index in [0.29, 0.717) is 53.1 Å². The summed E-state index contributed by atoms with van der Waals surface area (Å²) >= 11 is 6.91. The quantitative estimate of drug-likeness (QED) is 0.112. The van der Waals surface area contributed by atoms with Gasteiger partial charge in [-0.15, -0.1) is 0 Å². The SMILES string of the molecule is Cc1nc2ccc(Oc3ccc4ncc(-c5cnn(C6CCN(C(=O)OC(C)(C)C)CC6)c5)nc4c3Cl)cc2n1COCC[Si](C)(C)C. The predicted molar refractivity (Wildman–Crippen MR) is 190 cm³/mol. The first kappa shape index (κ1) is 33.9. The van der Waals surface area contributed by atoms with Crippen molar-refractivity contribution in [2.45, 2.75) is 84.6 Å². The van der Waals surface area contributed by atoms with Crippen LogP contribution in [-0.2, 0) is 16.2 Å². The Labute approximate surface area is 287 Å². The minimum Gasteiger partial charge on any atom is -0.456 e. The van der Waals surface area contributed by atoms with Crippen molar-refractivity contribution >= 4 is 47.8 Å². The number of imidazole rings is 1. The van der Waals surface area contributed by atoms with Crippen LogP contribution < -0.4 is 4.74 Å². The molecule has 11 nitrogen and oxygen atoms in total. The minimum absolute atomic E-state index is 0.170. The lowest BCUT2D eigenvalue weighted by molar-refractivity contribution is 0.0184. The first-order valence-electron chi connectivity index (χ1n) is 16.4. The number of ether oxygens (including phenoxy) is 3. The van der Waals surface area contributed by atoms with Crippen molar-refractivity contribution in [3.05, 3.63) is 59.8 Å². The van der Waals surface area contributed by atoms with Gasteiger partial charge in [-0.25, -0.2) is 14.8 Å². The number of hydrogen-bond acceptors (Lipinski definition) is 8. The molecule has 0 N–H and O–H groups in total. The molecule has 48 heavy (non-hydrogen) atoms. The molecule has 0 aliphatic carbocycles. The maximum absolute atomic E-state index is 12.5. The molecule has 1 saturated heterocycles. The fraction of sp³-hybridized carbons (Fsp3) is 0.457. The monoisotopic (exact) mass is 689 g/mol. The van der Waals surface area contributed by atoms with E-state index in [1.807, 2.05) is 68.9 Å². The van der Waals surface area contributed by atoms with Gasteiger partial charge in [-0.05, 0) is 70.8 Å². The van der Waals surface area contributed by atoms with Gasteiger partial charge in [0.25, 0.3) is 0 Å². The summed E-state index contributed by atoms with van der Waals surface area (Å²) in [6, 6.07) is 10.7. The van der Waals surface area contributed by atoms with Gasteiger partial charge in [0.15, 0.2) is 0 Å². The molecule has 3 aromatic heterocycles. The van der Waals surface area contributed by atoms with Crippen LogP contribution in [0.15, 0.2) is 48.9 Å². The highest BCUT2D eigenvalue weighted by Crippen LogP contribution is 2.36. The van der Waals surface area contributed by atoms with Crippen LogP contribution in [0.2, 0.25) is 30.7 Å². The van der Waals surface area contributed by atoms with Crippen LogP contribution in [-0.4, -0.2) is 73.7 Å². The molecule has 0 bridgehead atoms. The number of fused-ring (bicyclic) bond motifs is 2. The summed E-state index contributed by atoms with van der Waals surface area (Å²) in [5, 5.41) is 5.01. The molecule has 254 valence electrons. The Kier molecular flexibility index (Phi) is 9.52. The topological polar surface area (TPSA) is 109 Å². The zero-order valence-electron chi connectivity index (χ0n) is 28.8. The van der Waals surface area contributed by atoms with Gasteiger partial charge in [-0.2, -0.15) is 5.10 Å². The molecule has 2 aromatic carbocycles. The van der Waals surface area contributed by atoms with Gasteiger partial charge in [-0.3, -0.25) is 9.67 Å². The Morgan fingerprint density at radius 2 is 1.79 bits per heavy atom. The average molecular weight is 690 g/mol. The fourth-order valence-electron chi connectivity index (χ4n) is 5.66. The standard InChI is InChI=1S/C35H44ClN7O4Si/c1-23-39-27-9-8-26(18-30(27)42(23)22-45-16-17-48(5,6)7)46-31-11-10-28-33(32(31)36)40-29(20-37-28)24-19-38-43(21-24)25-12-14-41(15-13-25)34(44)47-35(2,3)4/h8-11,18-21,25H,12-17,22H2,1-7H3. The smallest absolute Gasteiger partial charge is 0.410 e. The number of halogens is 1. The van der Waals surface area contributed by atoms with E-state index in [0.717, 1.165) is 47.9 Å². The van der Waals surface area contributed by atoms with Gasteiger partial charge in [0, 0.05) is 45.6 Å². The summed E-state index contributed by atoms with van der Waals surface area (Å²) in [7, 11) is -1.17. The van der Waals surface area contributed by atoms with Crippen LogP contribution in [0, 0.1) is 6.92 Å². The van der Waals surface area contributed by atoms with Gasteiger partial charge in [0.05, 0.1) is 40.7 Å². The van der Waals surface area contributed by atoms with Crippen LogP contribution in [0.3, 0.4) is 0 Å². The maximum atomic E-state index is 12.5. The first-order chi connectivity index (χ1) is 22.7. The third kappa shape index (κ3) is 7.82. The summed E-state index contributed by atoms with van der Waals surface area (Å²) in [6.07, 6.45) is 6.80. The lowest BCUT2D eigenvalue weighted by Crippen LogP contribution is -2.42. The van der Waals surface area contributed by atoms with E-state index >= 15 is 0 Å². The average Bonchev–Trinajstić information content (AvgIpc) is 3.64. The number of piperidine rings is 1. The second-order valence-corrected chi connectivity index (χ2v) is 20.6. The summed E-state index contributed by atoms with van der Waals surface area (Å²) < 4.78 is 21.9. The molecule has 6 rings (SSSR count). The number of benzene rings is 2. The normalized spacial score (nSPS) is 14.6. The summed E-state index contributed by atoms with van der Waals surface area (Å²) in [6.45, 7) is 17.1. The Hall–Kier alpha value is -4.00. The molecule has 0 unspecified atom stereocenters. The molecule has 0 spiro atoms. The summed E-state index contributed by atoms with van der Waals surface area (Å²) in [5.74, 6) is 2.00. The van der Waals surface area contributed by atoms with Crippen molar-refractivity contribution in [2.75, 3.05) is 19.7 Å². The van der Waals surface area contributed by atoms with Crippen LogP contribution >= 0.6 is 11.6 Å². The lowest BCUT2D eigenvalue weighted by Gasteiger charge is -2.33. The number of carbonyl (C=O) groups excluding carboxylic acids is 1. The number of aromatic nitrogens is 6. The molecular formula is C35H44ClN7O4Si. The van der Waals surface area contributed by atoms with Crippen LogP contribution in [0.4, 0.5) is 4.79 Å². The van der Waals surface area contributed by atoms with Crippen molar-refractivity contribution in [2.24, 2.45) is 0 Å². The first-order valence-corrected chi connectivity index (χ1v) is 20.5. The molecule has 0 saturated carbocycles. The zero-order valence-corrected chi connectivity index (χ0v) is 30.5. The van der Waals surface area contributed by atoms with E-state index in [1.54, 1.807) is 17.3 Å². The number of rotatable bonds is 9. The van der Waals surface area contributed by atoms with Gasteiger partial charge in [0.2, 0.25) is 0 Å². The molecule has 0 radical (unpaired) electrons. The highest BCUT2D eigenvalue weighted by atomic mass is 35.5. The summed E-state index contributed by atoms with van der Waals surface area (Å²) in [5.41, 5.74) is 4.01. The van der Waals surface area contributed by atoms with E-state index in [4.69, 9.17) is 35.8 Å². The maximum Gasteiger partial charge on any atom is 0.410 e. The number of hydrogen-bond donors (Lipinski definition) is 0. The second-order valence-electron chi connectivity index (χ2n) is 14.6. The Balaban J connectivity index is 1.16. The third-order valence-electron chi connectivity index (χ3n) is 8.36. The third-order valence-corrected chi connectivity index (χ3v) is 10.4. The molecule has 13 heteroatoms. The molecule has 1 amide bonds. The number of amides is 1. The zero-order chi connectivity index (χ0) is 34.2. The van der Waals surface area contributed by atoms with E-state index in [9.17, 15) is 4.79 Å². The fourth-order valence-corrected chi connectivity index (χ4v) is 6.66. The molecule has 5 aromatic rings. The van der Waals surface area contributed by atoms with Gasteiger partial charge >= 0.3 is 6.09 Å². The number of carbonyl (C=O) groups is 1. The minimum atomic E-state index is -1.17. The highest BCUT2D eigenvalue weighted by molar-refractivity contribution is 6.76. The van der Waals surface area contributed by atoms with E-state index in [1.165, 1.54) is 0 Å². The lowest BCUT2D eigenvalue weighted by atomic mass is 10.1. The van der Waals surface area contributed by atoms with Crippen molar-refractivity contribution in [1.82, 2.24) is 34.2 Å².